The van der Waals surface area contributed by atoms with E-state index in [1.54, 1.807) is 30.4 Å². The molecule has 13 heteroatoms. The van der Waals surface area contributed by atoms with Crippen molar-refractivity contribution in [1.82, 2.24) is 10.6 Å². The summed E-state index contributed by atoms with van der Waals surface area (Å²) in [5.74, 6) is -1.10. The third-order valence-electron chi connectivity index (χ3n) is 7.35. The summed E-state index contributed by atoms with van der Waals surface area (Å²) in [5, 5.41) is 16.3. The van der Waals surface area contributed by atoms with Crippen molar-refractivity contribution >= 4 is 29.6 Å². The van der Waals surface area contributed by atoms with Crippen LogP contribution < -0.4 is 15.4 Å². The van der Waals surface area contributed by atoms with Crippen LogP contribution in [0.3, 0.4) is 0 Å². The minimum absolute atomic E-state index is 0.0387. The first-order chi connectivity index (χ1) is 23.6. The molecule has 0 saturated carbocycles. The number of allylic oxidation sites excluding steroid dienone is 5. The summed E-state index contributed by atoms with van der Waals surface area (Å²) in [4.78, 5) is 60.3. The zero-order valence-electron chi connectivity index (χ0n) is 29.5. The van der Waals surface area contributed by atoms with Crippen LogP contribution in [0.2, 0.25) is 0 Å². The number of nitro groups is 1. The van der Waals surface area contributed by atoms with Crippen LogP contribution in [0.4, 0.5) is 10.5 Å². The molecule has 270 valence electrons. The topological polar surface area (TPSA) is 172 Å². The number of hydrogen-bond donors (Lipinski definition) is 2. The minimum Gasteiger partial charge on any atom is -0.490 e. The number of hydrogen-bond acceptors (Lipinski definition) is 10. The quantitative estimate of drug-likeness (QED) is 0.0368. The predicted molar refractivity (Wildman–Crippen MR) is 187 cm³/mol. The maximum atomic E-state index is 13.1. The van der Waals surface area contributed by atoms with Gasteiger partial charge in [-0.15, -0.1) is 0 Å². The van der Waals surface area contributed by atoms with Gasteiger partial charge in [0, 0.05) is 43.4 Å². The average Bonchev–Trinajstić information content (AvgIpc) is 3.05. The second kappa shape index (κ2) is 20.1. The number of non-ortho nitro benzene ring substituents is 1. The van der Waals surface area contributed by atoms with Gasteiger partial charge in [0.1, 0.15) is 24.0 Å². The van der Waals surface area contributed by atoms with E-state index in [1.165, 1.54) is 43.7 Å². The molecule has 1 aliphatic rings. The van der Waals surface area contributed by atoms with Crippen LogP contribution in [0.5, 0.6) is 5.75 Å². The zero-order valence-corrected chi connectivity index (χ0v) is 29.5. The Labute approximate surface area is 292 Å². The van der Waals surface area contributed by atoms with Crippen molar-refractivity contribution < 1.29 is 43.0 Å². The van der Waals surface area contributed by atoms with Gasteiger partial charge in [0.05, 0.1) is 12.0 Å². The standard InChI is InChI=1S/C37H47N3O10/c1-8-9-14-28(48-36(44)49-29-19-17-27(18-20-29)40(45)46)15-12-23-38-34(42)33(37(4,5)6)39-32(41)16-11-10-13-25(2)24-26(3)30-21-22-31(47-7)35(43)50-30/h8-13,16-20,22-24,26,28,30,33H,14-15,21H2,1-7H3,(H,38,42)(H,39,41)/b9-8-,13-10-,16-11-,23-12-,25-24+/t26-,28-,30?,33+/m0/s1. The zero-order chi connectivity index (χ0) is 37.3. The van der Waals surface area contributed by atoms with Gasteiger partial charge >= 0.3 is 12.1 Å². The molecule has 0 radical (unpaired) electrons. The van der Waals surface area contributed by atoms with E-state index < -0.39 is 46.4 Å². The van der Waals surface area contributed by atoms with E-state index in [-0.39, 0.29) is 35.6 Å². The van der Waals surface area contributed by atoms with Gasteiger partial charge in [0.15, 0.2) is 5.76 Å². The molecule has 2 N–H and O–H groups in total. The van der Waals surface area contributed by atoms with Crippen LogP contribution in [0.1, 0.15) is 60.8 Å². The van der Waals surface area contributed by atoms with Gasteiger partial charge in [-0.2, -0.15) is 0 Å². The largest absolute Gasteiger partial charge is 0.514 e. The number of benzene rings is 1. The first-order valence-electron chi connectivity index (χ1n) is 16.1. The van der Waals surface area contributed by atoms with Crippen molar-refractivity contribution in [2.45, 2.75) is 79.1 Å². The Morgan fingerprint density at radius 1 is 1.10 bits per heavy atom. The minimum atomic E-state index is -0.976. The maximum Gasteiger partial charge on any atom is 0.514 e. The van der Waals surface area contributed by atoms with Crippen molar-refractivity contribution in [2.24, 2.45) is 11.3 Å². The van der Waals surface area contributed by atoms with E-state index in [2.05, 4.69) is 10.6 Å². The fraction of sp³-hybridized carbons (Fsp3) is 0.405. The number of carbonyl (C=O) groups excluding carboxylic acids is 4. The highest BCUT2D eigenvalue weighted by Gasteiger charge is 2.32. The fourth-order valence-corrected chi connectivity index (χ4v) is 4.65. The smallest absolute Gasteiger partial charge is 0.490 e. The van der Waals surface area contributed by atoms with E-state index in [4.69, 9.17) is 18.9 Å². The Bertz CT molecular complexity index is 1530. The second-order valence-corrected chi connectivity index (χ2v) is 12.5. The molecule has 0 aliphatic carbocycles. The molecule has 0 aromatic heterocycles. The summed E-state index contributed by atoms with van der Waals surface area (Å²) in [5.41, 5.74) is 0.157. The number of cyclic esters (lactones) is 1. The summed E-state index contributed by atoms with van der Waals surface area (Å²) in [6, 6.07) is 4.15. The Hall–Kier alpha value is -5.46. The third-order valence-corrected chi connectivity index (χ3v) is 7.35. The van der Waals surface area contributed by atoms with E-state index in [1.807, 2.05) is 59.8 Å². The van der Waals surface area contributed by atoms with E-state index in [0.717, 1.165) is 5.57 Å². The summed E-state index contributed by atoms with van der Waals surface area (Å²) >= 11 is 0. The molecule has 1 aliphatic heterocycles. The summed E-state index contributed by atoms with van der Waals surface area (Å²) in [7, 11) is 1.43. The Morgan fingerprint density at radius 3 is 2.36 bits per heavy atom. The van der Waals surface area contributed by atoms with Crippen LogP contribution in [-0.2, 0) is 28.6 Å². The number of amides is 2. The first-order valence-corrected chi connectivity index (χ1v) is 16.1. The number of carbonyl (C=O) groups is 4. The molecule has 13 nitrogen and oxygen atoms in total. The molecule has 50 heavy (non-hydrogen) atoms. The molecule has 0 fully saturated rings. The molecule has 1 aromatic rings. The lowest BCUT2D eigenvalue weighted by Crippen LogP contribution is -2.52. The lowest BCUT2D eigenvalue weighted by molar-refractivity contribution is -0.384. The van der Waals surface area contributed by atoms with Gasteiger partial charge < -0.3 is 29.6 Å². The average molecular weight is 694 g/mol. The highest BCUT2D eigenvalue weighted by molar-refractivity contribution is 5.93. The van der Waals surface area contributed by atoms with Gasteiger partial charge in [-0.3, -0.25) is 19.7 Å². The lowest BCUT2D eigenvalue weighted by atomic mass is 9.86. The Balaban J connectivity index is 1.91. The first kappa shape index (κ1) is 40.7. The molecule has 0 saturated heterocycles. The van der Waals surface area contributed by atoms with Crippen LogP contribution in [0.15, 0.2) is 96.5 Å². The van der Waals surface area contributed by atoms with Gasteiger partial charge in [-0.25, -0.2) is 9.59 Å². The van der Waals surface area contributed by atoms with Crippen LogP contribution in [0.25, 0.3) is 0 Å². The van der Waals surface area contributed by atoms with Crippen molar-refractivity contribution in [1.29, 1.82) is 0 Å². The lowest BCUT2D eigenvalue weighted by Gasteiger charge is -2.29. The number of nitrogens with one attached hydrogen (secondary N) is 2. The molecule has 1 aromatic carbocycles. The van der Waals surface area contributed by atoms with Crippen LogP contribution >= 0.6 is 0 Å². The third kappa shape index (κ3) is 14.3. The highest BCUT2D eigenvalue weighted by Crippen LogP contribution is 2.23. The van der Waals surface area contributed by atoms with E-state index >= 15 is 0 Å². The highest BCUT2D eigenvalue weighted by atomic mass is 16.7. The number of methoxy groups -OCH3 is 1. The molecule has 4 atom stereocenters. The summed E-state index contributed by atoms with van der Waals surface area (Å²) in [6.07, 6.45) is 16.1. The molecule has 2 amide bonds. The van der Waals surface area contributed by atoms with Crippen molar-refractivity contribution in [2.75, 3.05) is 7.11 Å². The summed E-state index contributed by atoms with van der Waals surface area (Å²) in [6.45, 7) is 11.2. The van der Waals surface area contributed by atoms with Crippen LogP contribution in [-0.4, -0.2) is 54.2 Å². The normalized spacial score (nSPS) is 17.3. The second-order valence-electron chi connectivity index (χ2n) is 12.5. The fourth-order valence-electron chi connectivity index (χ4n) is 4.65. The number of rotatable bonds is 16. The molecule has 1 unspecified atom stereocenters. The predicted octanol–water partition coefficient (Wildman–Crippen LogP) is 6.54. The van der Waals surface area contributed by atoms with Crippen molar-refractivity contribution in [3.8, 4) is 5.75 Å². The Kier molecular flexibility index (Phi) is 16.4. The van der Waals surface area contributed by atoms with Crippen molar-refractivity contribution in [3.63, 3.8) is 0 Å². The van der Waals surface area contributed by atoms with E-state index in [9.17, 15) is 29.3 Å². The number of esters is 1. The number of nitro benzene ring substituents is 1. The summed E-state index contributed by atoms with van der Waals surface area (Å²) < 4.78 is 21.0. The molecule has 2 rings (SSSR count). The van der Waals surface area contributed by atoms with Gasteiger partial charge in [-0.05, 0) is 43.7 Å². The SMILES string of the molecule is C/C=C\C[C@@H](C/C=C\NC(=O)[C@@H](NC(=O)\C=C/C=C\C(C)=C\[C@H](C)C1CC=C(OC)C(=O)O1)C(C)(C)C)OC(=O)Oc1ccc([N+](=O)[O-])cc1. The van der Waals surface area contributed by atoms with Gasteiger partial charge in [0.2, 0.25) is 11.8 Å². The molecular formula is C37H47N3O10. The molecule has 1 heterocycles. The molecule has 0 spiro atoms. The van der Waals surface area contributed by atoms with Crippen LogP contribution in [0, 0.1) is 21.4 Å². The molecular weight excluding hydrogens is 646 g/mol. The molecule has 0 bridgehead atoms. The Morgan fingerprint density at radius 2 is 1.76 bits per heavy atom. The monoisotopic (exact) mass is 693 g/mol. The van der Waals surface area contributed by atoms with Gasteiger partial charge in [0.25, 0.3) is 5.69 Å². The number of nitrogens with zero attached hydrogens (tertiary/aromatic N) is 1. The van der Waals surface area contributed by atoms with Crippen molar-refractivity contribution in [3.05, 3.63) is 107 Å². The maximum absolute atomic E-state index is 13.1. The van der Waals surface area contributed by atoms with E-state index in [0.29, 0.717) is 12.8 Å². The van der Waals surface area contributed by atoms with Gasteiger partial charge in [-0.1, -0.05) is 75.8 Å². The number of ether oxygens (including phenoxy) is 4.